The largest absolute Gasteiger partial charge is 0.326 e. The maximum absolute atomic E-state index is 12.6. The molecule has 0 bridgehead atoms. The number of aryl methyl sites for hydroxylation is 2. The summed E-state index contributed by atoms with van der Waals surface area (Å²) in [6.07, 6.45) is 5.59. The number of nitrogens with one attached hydrogen (secondary N) is 2. The van der Waals surface area contributed by atoms with Crippen molar-refractivity contribution in [3.05, 3.63) is 53.6 Å². The molecule has 164 valence electrons. The van der Waals surface area contributed by atoms with Crippen LogP contribution < -0.4 is 14.9 Å². The lowest BCUT2D eigenvalue weighted by Crippen LogP contribution is -2.28. The van der Waals surface area contributed by atoms with Gasteiger partial charge in [0.2, 0.25) is 21.8 Å². The second-order valence-electron chi connectivity index (χ2n) is 8.03. The molecule has 8 heteroatoms. The van der Waals surface area contributed by atoms with E-state index in [1.807, 2.05) is 6.07 Å². The molecule has 7 nitrogen and oxygen atoms in total. The van der Waals surface area contributed by atoms with E-state index in [0.717, 1.165) is 49.9 Å². The highest BCUT2D eigenvalue weighted by Gasteiger charge is 2.21. The summed E-state index contributed by atoms with van der Waals surface area (Å²) in [7, 11) is -3.65. The van der Waals surface area contributed by atoms with E-state index < -0.39 is 10.0 Å². The molecule has 2 N–H and O–H groups in total. The third-order valence-corrected chi connectivity index (χ3v) is 7.27. The lowest BCUT2D eigenvalue weighted by molar-refractivity contribution is -0.117. The maximum atomic E-state index is 12.6. The Balaban J connectivity index is 1.28. The summed E-state index contributed by atoms with van der Waals surface area (Å²) in [5.74, 6) is -0.166. The zero-order chi connectivity index (χ0) is 21.8. The first-order valence-electron chi connectivity index (χ1n) is 10.7. The van der Waals surface area contributed by atoms with Crippen LogP contribution in [0.15, 0.2) is 47.4 Å². The molecule has 0 radical (unpaired) electrons. The first-order valence-corrected chi connectivity index (χ1v) is 12.2. The number of sulfonamides is 1. The highest BCUT2D eigenvalue weighted by molar-refractivity contribution is 7.89. The highest BCUT2D eigenvalue weighted by atomic mass is 32.2. The van der Waals surface area contributed by atoms with E-state index in [2.05, 4.69) is 10.0 Å². The van der Waals surface area contributed by atoms with E-state index in [0.29, 0.717) is 12.1 Å². The minimum atomic E-state index is -3.65. The van der Waals surface area contributed by atoms with Gasteiger partial charge in [-0.25, -0.2) is 13.1 Å². The fraction of sp³-hybridized carbons (Fsp3) is 0.391. The third kappa shape index (κ3) is 5.14. The first kappa shape index (κ1) is 21.5. The van der Waals surface area contributed by atoms with Crippen molar-refractivity contribution >= 4 is 33.2 Å². The molecule has 2 aliphatic rings. The second kappa shape index (κ2) is 9.20. The number of carbonyl (C=O) groups excluding carboxylic acids is 2. The molecule has 2 aromatic rings. The van der Waals surface area contributed by atoms with Crippen LogP contribution in [0.4, 0.5) is 11.4 Å². The minimum Gasteiger partial charge on any atom is -0.326 e. The molecule has 1 heterocycles. The zero-order valence-corrected chi connectivity index (χ0v) is 18.2. The van der Waals surface area contributed by atoms with Crippen LogP contribution in [-0.4, -0.2) is 33.3 Å². The van der Waals surface area contributed by atoms with Crippen LogP contribution in [0.2, 0.25) is 0 Å². The van der Waals surface area contributed by atoms with Crippen LogP contribution in [-0.2, 0) is 32.5 Å². The summed E-state index contributed by atoms with van der Waals surface area (Å²) in [5.41, 5.74) is 3.76. The molecule has 1 aliphatic heterocycles. The molecule has 31 heavy (non-hydrogen) atoms. The van der Waals surface area contributed by atoms with Crippen molar-refractivity contribution in [2.75, 3.05) is 23.3 Å². The van der Waals surface area contributed by atoms with Gasteiger partial charge in [0.1, 0.15) is 0 Å². The SMILES string of the molecule is O=C(CCNS(=O)(=O)c1ccc2c(c1)CCCC2)Nc1ccc(N2CCCC2=O)cc1. The number of nitrogens with zero attached hydrogens (tertiary/aromatic N) is 1. The van der Waals surface area contributed by atoms with Crippen molar-refractivity contribution in [1.29, 1.82) is 0 Å². The Kier molecular flexibility index (Phi) is 6.38. The number of amides is 2. The molecule has 2 aromatic carbocycles. The molecule has 4 rings (SSSR count). The molecule has 0 unspecified atom stereocenters. The van der Waals surface area contributed by atoms with Crippen molar-refractivity contribution in [3.8, 4) is 0 Å². The van der Waals surface area contributed by atoms with Gasteiger partial charge in [0.05, 0.1) is 4.90 Å². The summed E-state index contributed by atoms with van der Waals surface area (Å²) < 4.78 is 27.7. The van der Waals surface area contributed by atoms with Crippen molar-refractivity contribution < 1.29 is 18.0 Å². The molecule has 0 spiro atoms. The Hall–Kier alpha value is -2.71. The van der Waals surface area contributed by atoms with E-state index in [1.54, 1.807) is 41.3 Å². The summed E-state index contributed by atoms with van der Waals surface area (Å²) in [4.78, 5) is 26.0. The number of hydrogen-bond acceptors (Lipinski definition) is 4. The minimum absolute atomic E-state index is 0.0195. The highest BCUT2D eigenvalue weighted by Crippen LogP contribution is 2.24. The molecule has 0 atom stereocenters. The smallest absolute Gasteiger partial charge is 0.240 e. The Morgan fingerprint density at radius 2 is 1.68 bits per heavy atom. The quantitative estimate of drug-likeness (QED) is 0.690. The monoisotopic (exact) mass is 441 g/mol. The summed E-state index contributed by atoms with van der Waals surface area (Å²) in [5, 5.41) is 2.76. The van der Waals surface area contributed by atoms with Crippen LogP contribution in [0.25, 0.3) is 0 Å². The van der Waals surface area contributed by atoms with Gasteiger partial charge >= 0.3 is 0 Å². The van der Waals surface area contributed by atoms with Gasteiger partial charge in [-0.2, -0.15) is 0 Å². The molecule has 0 aromatic heterocycles. The molecule has 0 saturated carbocycles. The van der Waals surface area contributed by atoms with Crippen LogP contribution in [0.5, 0.6) is 0 Å². The fourth-order valence-electron chi connectivity index (χ4n) is 4.13. The van der Waals surface area contributed by atoms with Gasteiger partial charge in [-0.1, -0.05) is 6.07 Å². The van der Waals surface area contributed by atoms with Gasteiger partial charge in [0.25, 0.3) is 0 Å². The maximum Gasteiger partial charge on any atom is 0.240 e. The van der Waals surface area contributed by atoms with Crippen molar-refractivity contribution in [1.82, 2.24) is 4.72 Å². The van der Waals surface area contributed by atoms with Gasteiger partial charge in [0, 0.05) is 37.3 Å². The van der Waals surface area contributed by atoms with Crippen LogP contribution in [0.1, 0.15) is 43.2 Å². The van der Waals surface area contributed by atoms with Gasteiger partial charge < -0.3 is 10.2 Å². The Morgan fingerprint density at radius 3 is 2.39 bits per heavy atom. The summed E-state index contributed by atoms with van der Waals surface area (Å²) >= 11 is 0. The van der Waals surface area contributed by atoms with Crippen molar-refractivity contribution in [2.24, 2.45) is 0 Å². The zero-order valence-electron chi connectivity index (χ0n) is 17.4. The molecule has 1 fully saturated rings. The topological polar surface area (TPSA) is 95.6 Å². The number of hydrogen-bond donors (Lipinski definition) is 2. The summed E-state index contributed by atoms with van der Waals surface area (Å²) in [6.45, 7) is 0.737. The van der Waals surface area contributed by atoms with Gasteiger partial charge in [0.15, 0.2) is 0 Å². The normalized spacial score (nSPS) is 16.3. The van der Waals surface area contributed by atoms with E-state index >= 15 is 0 Å². The molecular weight excluding hydrogens is 414 g/mol. The Labute approximate surface area is 182 Å². The number of rotatable bonds is 7. The lowest BCUT2D eigenvalue weighted by atomic mass is 9.92. The van der Waals surface area contributed by atoms with Crippen LogP contribution in [0, 0.1) is 0 Å². The second-order valence-corrected chi connectivity index (χ2v) is 9.80. The van der Waals surface area contributed by atoms with Crippen molar-refractivity contribution in [3.63, 3.8) is 0 Å². The van der Waals surface area contributed by atoms with Crippen molar-refractivity contribution in [2.45, 2.75) is 49.8 Å². The first-order chi connectivity index (χ1) is 14.9. The standard InChI is InChI=1S/C23H27N3O4S/c27-22(25-19-8-10-20(11-9-19)26-15-3-6-23(26)28)13-14-24-31(29,30)21-12-7-17-4-1-2-5-18(17)16-21/h7-12,16,24H,1-6,13-15H2,(H,25,27). The van der Waals surface area contributed by atoms with Crippen LogP contribution in [0.3, 0.4) is 0 Å². The molecule has 1 aliphatic carbocycles. The predicted octanol–water partition coefficient (Wildman–Crippen LogP) is 3.00. The van der Waals surface area contributed by atoms with Gasteiger partial charge in [-0.05, 0) is 79.6 Å². The van der Waals surface area contributed by atoms with E-state index in [4.69, 9.17) is 0 Å². The molecule has 1 saturated heterocycles. The number of benzene rings is 2. The number of carbonyl (C=O) groups is 2. The average Bonchev–Trinajstić information content (AvgIpc) is 3.19. The summed E-state index contributed by atoms with van der Waals surface area (Å²) in [6, 6.07) is 12.4. The number of anilines is 2. The fourth-order valence-corrected chi connectivity index (χ4v) is 5.21. The third-order valence-electron chi connectivity index (χ3n) is 5.81. The molecule has 2 amide bonds. The van der Waals surface area contributed by atoms with E-state index in [1.165, 1.54) is 5.56 Å². The average molecular weight is 442 g/mol. The lowest BCUT2D eigenvalue weighted by Gasteiger charge is -2.17. The van der Waals surface area contributed by atoms with E-state index in [9.17, 15) is 18.0 Å². The van der Waals surface area contributed by atoms with Gasteiger partial charge in [-0.15, -0.1) is 0 Å². The molecular formula is C23H27N3O4S. The Bertz CT molecular complexity index is 1080. The van der Waals surface area contributed by atoms with E-state index in [-0.39, 0.29) is 29.7 Å². The predicted molar refractivity (Wildman–Crippen MR) is 120 cm³/mol. The van der Waals surface area contributed by atoms with Gasteiger partial charge in [-0.3, -0.25) is 9.59 Å². The van der Waals surface area contributed by atoms with Crippen LogP contribution >= 0.6 is 0 Å². The number of fused-ring (bicyclic) bond motifs is 1. The Morgan fingerprint density at radius 1 is 0.935 bits per heavy atom.